The Kier molecular flexibility index (Phi) is 7.24. The molecular formula is C10H19N3O2S. The van der Waals surface area contributed by atoms with Crippen molar-refractivity contribution in [1.82, 2.24) is 15.5 Å². The molecule has 0 bridgehead atoms. The number of methoxy groups -OCH3 is 2. The zero-order chi connectivity index (χ0) is 11.6. The van der Waals surface area contributed by atoms with E-state index in [0.29, 0.717) is 0 Å². The maximum absolute atomic E-state index is 4.99. The average molecular weight is 245 g/mol. The fourth-order valence-corrected chi connectivity index (χ4v) is 2.05. The van der Waals surface area contributed by atoms with Crippen LogP contribution < -0.4 is 5.32 Å². The van der Waals surface area contributed by atoms with Gasteiger partial charge in [0.05, 0.1) is 6.61 Å². The van der Waals surface area contributed by atoms with Crippen molar-refractivity contribution >= 4 is 11.3 Å². The molecule has 1 aromatic heterocycles. The number of nitrogens with one attached hydrogen (secondary N) is 1. The second kappa shape index (κ2) is 8.58. The number of aryl methyl sites for hydroxylation is 1. The topological polar surface area (TPSA) is 56.3 Å². The zero-order valence-electron chi connectivity index (χ0n) is 9.86. The van der Waals surface area contributed by atoms with Crippen molar-refractivity contribution in [2.24, 2.45) is 0 Å². The molecule has 1 N–H and O–H groups in total. The summed E-state index contributed by atoms with van der Waals surface area (Å²) in [5.74, 6) is 0. The molecule has 0 aliphatic heterocycles. The summed E-state index contributed by atoms with van der Waals surface area (Å²) in [6, 6.07) is 0. The van der Waals surface area contributed by atoms with Crippen molar-refractivity contribution in [2.75, 3.05) is 34.0 Å². The van der Waals surface area contributed by atoms with Gasteiger partial charge in [0, 0.05) is 40.3 Å². The van der Waals surface area contributed by atoms with Crippen LogP contribution in [0.15, 0.2) is 0 Å². The Morgan fingerprint density at radius 1 is 1.12 bits per heavy atom. The van der Waals surface area contributed by atoms with Gasteiger partial charge in [0.2, 0.25) is 0 Å². The molecule has 0 atom stereocenters. The van der Waals surface area contributed by atoms with Gasteiger partial charge in [-0.15, -0.1) is 21.5 Å². The third-order valence-electron chi connectivity index (χ3n) is 2.01. The van der Waals surface area contributed by atoms with Gasteiger partial charge < -0.3 is 14.8 Å². The van der Waals surface area contributed by atoms with Crippen molar-refractivity contribution in [1.29, 1.82) is 0 Å². The molecule has 0 aliphatic rings. The monoisotopic (exact) mass is 245 g/mol. The first-order valence-corrected chi connectivity index (χ1v) is 6.18. The largest absolute Gasteiger partial charge is 0.385 e. The molecule has 16 heavy (non-hydrogen) atoms. The predicted octanol–water partition coefficient (Wildman–Crippen LogP) is 0.853. The first kappa shape index (κ1) is 13.5. The molecule has 0 amide bonds. The van der Waals surface area contributed by atoms with Gasteiger partial charge >= 0.3 is 0 Å². The number of rotatable bonds is 9. The minimum atomic E-state index is 0.722. The van der Waals surface area contributed by atoms with Gasteiger partial charge in [0.1, 0.15) is 10.0 Å². The van der Waals surface area contributed by atoms with Crippen LogP contribution in [0.3, 0.4) is 0 Å². The van der Waals surface area contributed by atoms with Gasteiger partial charge in [-0.3, -0.25) is 0 Å². The molecule has 0 spiro atoms. The highest BCUT2D eigenvalue weighted by atomic mass is 32.1. The highest BCUT2D eigenvalue weighted by molar-refractivity contribution is 7.11. The van der Waals surface area contributed by atoms with Crippen LogP contribution in [0.4, 0.5) is 0 Å². The van der Waals surface area contributed by atoms with Gasteiger partial charge in [-0.2, -0.15) is 0 Å². The molecule has 5 nitrogen and oxygen atoms in total. The molecule has 0 fully saturated rings. The van der Waals surface area contributed by atoms with E-state index in [1.807, 2.05) is 0 Å². The summed E-state index contributed by atoms with van der Waals surface area (Å²) in [5.41, 5.74) is 0. The third kappa shape index (κ3) is 5.50. The lowest BCUT2D eigenvalue weighted by Crippen LogP contribution is -2.18. The maximum atomic E-state index is 4.99. The Morgan fingerprint density at radius 3 is 2.62 bits per heavy atom. The molecule has 0 saturated heterocycles. The Morgan fingerprint density at radius 2 is 1.88 bits per heavy atom. The highest BCUT2D eigenvalue weighted by Gasteiger charge is 2.03. The summed E-state index contributed by atoms with van der Waals surface area (Å²) < 4.78 is 9.93. The molecule has 0 aliphatic carbocycles. The van der Waals surface area contributed by atoms with Crippen molar-refractivity contribution in [3.05, 3.63) is 10.0 Å². The summed E-state index contributed by atoms with van der Waals surface area (Å²) in [7, 11) is 3.41. The van der Waals surface area contributed by atoms with E-state index >= 15 is 0 Å². The molecule has 92 valence electrons. The fraction of sp³-hybridized carbons (Fsp3) is 0.800. The van der Waals surface area contributed by atoms with Gasteiger partial charge in [-0.1, -0.05) is 0 Å². The Bertz CT molecular complexity index is 281. The van der Waals surface area contributed by atoms with E-state index in [-0.39, 0.29) is 0 Å². The third-order valence-corrected chi connectivity index (χ3v) is 2.99. The highest BCUT2D eigenvalue weighted by Crippen LogP contribution is 2.11. The maximum Gasteiger partial charge on any atom is 0.131 e. The molecule has 0 unspecified atom stereocenters. The molecule has 1 heterocycles. The van der Waals surface area contributed by atoms with Crippen molar-refractivity contribution in [2.45, 2.75) is 19.4 Å². The van der Waals surface area contributed by atoms with Crippen LogP contribution in [0.2, 0.25) is 0 Å². The Labute approximate surface area is 100 Å². The summed E-state index contributed by atoms with van der Waals surface area (Å²) >= 11 is 1.66. The average Bonchev–Trinajstić information content (AvgIpc) is 2.73. The van der Waals surface area contributed by atoms with Crippen LogP contribution in [0.5, 0.6) is 0 Å². The minimum Gasteiger partial charge on any atom is -0.385 e. The lowest BCUT2D eigenvalue weighted by molar-refractivity contribution is 0.195. The normalized spacial score (nSPS) is 10.9. The van der Waals surface area contributed by atoms with Crippen LogP contribution in [0.1, 0.15) is 16.4 Å². The standard InChI is InChI=1S/C10H19N3O2S/c1-14-6-3-4-9-12-13-10(16-9)8-11-5-7-15-2/h11H,3-8H2,1-2H3. The van der Waals surface area contributed by atoms with Crippen molar-refractivity contribution < 1.29 is 9.47 Å². The van der Waals surface area contributed by atoms with E-state index < -0.39 is 0 Å². The number of hydrogen-bond acceptors (Lipinski definition) is 6. The zero-order valence-corrected chi connectivity index (χ0v) is 10.7. The van der Waals surface area contributed by atoms with E-state index in [1.54, 1.807) is 25.6 Å². The van der Waals surface area contributed by atoms with Crippen LogP contribution in [0, 0.1) is 0 Å². The molecule has 6 heteroatoms. The van der Waals surface area contributed by atoms with E-state index in [0.717, 1.165) is 49.2 Å². The molecule has 0 radical (unpaired) electrons. The lowest BCUT2D eigenvalue weighted by atomic mass is 10.3. The smallest absolute Gasteiger partial charge is 0.131 e. The molecule has 1 rings (SSSR count). The number of aromatic nitrogens is 2. The first-order chi connectivity index (χ1) is 7.86. The van der Waals surface area contributed by atoms with Gasteiger partial charge in [-0.05, 0) is 6.42 Å². The van der Waals surface area contributed by atoms with E-state index in [9.17, 15) is 0 Å². The molecule has 0 aromatic carbocycles. The lowest BCUT2D eigenvalue weighted by Gasteiger charge is -1.99. The van der Waals surface area contributed by atoms with Gasteiger partial charge in [0.15, 0.2) is 0 Å². The summed E-state index contributed by atoms with van der Waals surface area (Å²) in [6.45, 7) is 3.11. The second-order valence-corrected chi connectivity index (χ2v) is 4.50. The van der Waals surface area contributed by atoms with E-state index in [4.69, 9.17) is 9.47 Å². The second-order valence-electron chi connectivity index (χ2n) is 3.36. The van der Waals surface area contributed by atoms with Gasteiger partial charge in [0.25, 0.3) is 0 Å². The summed E-state index contributed by atoms with van der Waals surface area (Å²) in [6.07, 6.45) is 1.95. The molecule has 1 aromatic rings. The SMILES string of the molecule is COCCCc1nnc(CNCCOC)s1. The number of hydrogen-bond donors (Lipinski definition) is 1. The van der Waals surface area contributed by atoms with E-state index in [1.165, 1.54) is 0 Å². The molecular weight excluding hydrogens is 226 g/mol. The van der Waals surface area contributed by atoms with Crippen LogP contribution in [-0.4, -0.2) is 44.2 Å². The fourth-order valence-electron chi connectivity index (χ4n) is 1.20. The quantitative estimate of drug-likeness (QED) is 0.654. The summed E-state index contributed by atoms with van der Waals surface area (Å²) in [4.78, 5) is 0. The van der Waals surface area contributed by atoms with Crippen LogP contribution in [0.25, 0.3) is 0 Å². The van der Waals surface area contributed by atoms with Gasteiger partial charge in [-0.25, -0.2) is 0 Å². The summed E-state index contributed by atoms with van der Waals surface area (Å²) in [5, 5.41) is 13.6. The predicted molar refractivity (Wildman–Crippen MR) is 63.7 cm³/mol. The van der Waals surface area contributed by atoms with E-state index in [2.05, 4.69) is 15.5 Å². The Hall–Kier alpha value is -0.560. The Balaban J connectivity index is 2.17. The number of ether oxygens (including phenoxy) is 2. The minimum absolute atomic E-state index is 0.722. The first-order valence-electron chi connectivity index (χ1n) is 5.36. The number of nitrogens with zero attached hydrogens (tertiary/aromatic N) is 2. The van der Waals surface area contributed by atoms with Crippen molar-refractivity contribution in [3.8, 4) is 0 Å². The van der Waals surface area contributed by atoms with Crippen LogP contribution >= 0.6 is 11.3 Å². The van der Waals surface area contributed by atoms with Crippen LogP contribution in [-0.2, 0) is 22.4 Å². The van der Waals surface area contributed by atoms with Crippen molar-refractivity contribution in [3.63, 3.8) is 0 Å². The molecule has 0 saturated carbocycles.